The Morgan fingerprint density at radius 2 is 2.32 bits per heavy atom. The van der Waals surface area contributed by atoms with Crippen molar-refractivity contribution >= 4 is 12.2 Å². The molecule has 0 radical (unpaired) electrons. The Morgan fingerprint density at radius 3 is 3.05 bits per heavy atom. The van der Waals surface area contributed by atoms with Gasteiger partial charge in [0.25, 0.3) is 0 Å². The average Bonchev–Trinajstić information content (AvgIpc) is 2.42. The molecule has 0 saturated heterocycles. The van der Waals surface area contributed by atoms with Gasteiger partial charge in [-0.05, 0) is 30.0 Å². The van der Waals surface area contributed by atoms with Gasteiger partial charge in [-0.15, -0.1) is 0 Å². The van der Waals surface area contributed by atoms with E-state index in [-0.39, 0.29) is 17.7 Å². The van der Waals surface area contributed by atoms with Gasteiger partial charge in [0.15, 0.2) is 0 Å². The molecule has 1 aromatic carbocycles. The number of halogens is 1. The first kappa shape index (κ1) is 13.7. The number of hydrogen-bond acceptors (Lipinski definition) is 3. The van der Waals surface area contributed by atoms with Gasteiger partial charge in [-0.2, -0.15) is 0 Å². The summed E-state index contributed by atoms with van der Waals surface area (Å²) in [5.74, 6) is -0.800. The standard InChI is InChI=1S/C15H18FNO2/c1-3-19-15(18)10(2)8-11-4-5-12-9-17-7-6-13(12)14(11)16/h4-5,7,10H,3,6,8-9H2,1-2H3. The van der Waals surface area contributed by atoms with Gasteiger partial charge < -0.3 is 4.74 Å². The van der Waals surface area contributed by atoms with Crippen LogP contribution in [0.5, 0.6) is 0 Å². The molecule has 0 bridgehead atoms. The van der Waals surface area contributed by atoms with E-state index in [9.17, 15) is 9.18 Å². The van der Waals surface area contributed by atoms with E-state index in [4.69, 9.17) is 4.74 Å². The smallest absolute Gasteiger partial charge is 0.308 e. The van der Waals surface area contributed by atoms with Crippen LogP contribution in [0.15, 0.2) is 17.1 Å². The van der Waals surface area contributed by atoms with E-state index in [0.29, 0.717) is 37.1 Å². The zero-order valence-corrected chi connectivity index (χ0v) is 11.3. The molecule has 2 rings (SSSR count). The van der Waals surface area contributed by atoms with E-state index < -0.39 is 0 Å². The summed E-state index contributed by atoms with van der Waals surface area (Å²) in [5.41, 5.74) is 2.23. The molecule has 1 heterocycles. The van der Waals surface area contributed by atoms with Crippen molar-refractivity contribution in [1.82, 2.24) is 0 Å². The SMILES string of the molecule is CCOC(=O)C(C)Cc1ccc2c(c1F)CC=NC2. The lowest BCUT2D eigenvalue weighted by Gasteiger charge is -2.16. The highest BCUT2D eigenvalue weighted by atomic mass is 19.1. The fraction of sp³-hybridized carbons (Fsp3) is 0.467. The van der Waals surface area contributed by atoms with Crippen LogP contribution < -0.4 is 0 Å². The zero-order valence-electron chi connectivity index (χ0n) is 11.3. The van der Waals surface area contributed by atoms with Crippen molar-refractivity contribution in [2.45, 2.75) is 33.2 Å². The van der Waals surface area contributed by atoms with E-state index in [1.165, 1.54) is 0 Å². The molecule has 0 spiro atoms. The van der Waals surface area contributed by atoms with Crippen molar-refractivity contribution in [3.8, 4) is 0 Å². The predicted molar refractivity (Wildman–Crippen MR) is 71.8 cm³/mol. The molecule has 3 nitrogen and oxygen atoms in total. The molecule has 4 heteroatoms. The second-order valence-electron chi connectivity index (χ2n) is 4.76. The Morgan fingerprint density at radius 1 is 1.53 bits per heavy atom. The molecule has 1 unspecified atom stereocenters. The van der Waals surface area contributed by atoms with Crippen LogP contribution in [0.1, 0.15) is 30.5 Å². The third-order valence-electron chi connectivity index (χ3n) is 3.32. The Labute approximate surface area is 112 Å². The van der Waals surface area contributed by atoms with Crippen molar-refractivity contribution in [3.63, 3.8) is 0 Å². The molecule has 0 amide bonds. The molecule has 1 aromatic rings. The van der Waals surface area contributed by atoms with Gasteiger partial charge >= 0.3 is 5.97 Å². The summed E-state index contributed by atoms with van der Waals surface area (Å²) >= 11 is 0. The van der Waals surface area contributed by atoms with Gasteiger partial charge in [0.1, 0.15) is 5.82 Å². The van der Waals surface area contributed by atoms with Crippen LogP contribution in [0.2, 0.25) is 0 Å². The molecule has 0 fully saturated rings. The summed E-state index contributed by atoms with van der Waals surface area (Å²) in [4.78, 5) is 15.7. The van der Waals surface area contributed by atoms with Crippen molar-refractivity contribution in [3.05, 3.63) is 34.6 Å². The Hall–Kier alpha value is -1.71. The van der Waals surface area contributed by atoms with E-state index in [1.54, 1.807) is 26.1 Å². The normalized spacial score (nSPS) is 14.9. The van der Waals surface area contributed by atoms with Crippen LogP contribution in [0, 0.1) is 11.7 Å². The summed E-state index contributed by atoms with van der Waals surface area (Å²) in [5, 5.41) is 0. The van der Waals surface area contributed by atoms with Gasteiger partial charge in [0.2, 0.25) is 0 Å². The molecule has 0 aromatic heterocycles. The van der Waals surface area contributed by atoms with Gasteiger partial charge in [-0.3, -0.25) is 9.79 Å². The van der Waals surface area contributed by atoms with Crippen LogP contribution in [0.4, 0.5) is 4.39 Å². The summed E-state index contributed by atoms with van der Waals surface area (Å²) in [7, 11) is 0. The van der Waals surface area contributed by atoms with Crippen LogP contribution in [0.3, 0.4) is 0 Å². The fourth-order valence-electron chi connectivity index (χ4n) is 2.25. The number of carbonyl (C=O) groups is 1. The molecular weight excluding hydrogens is 245 g/mol. The highest BCUT2D eigenvalue weighted by Crippen LogP contribution is 2.23. The Kier molecular flexibility index (Phi) is 4.30. The number of carbonyl (C=O) groups excluding carboxylic acids is 1. The van der Waals surface area contributed by atoms with Crippen molar-refractivity contribution < 1.29 is 13.9 Å². The molecule has 19 heavy (non-hydrogen) atoms. The highest BCUT2D eigenvalue weighted by molar-refractivity contribution is 5.72. The maximum absolute atomic E-state index is 14.4. The number of benzene rings is 1. The summed E-state index contributed by atoms with van der Waals surface area (Å²) < 4.78 is 19.3. The molecule has 1 atom stereocenters. The van der Waals surface area contributed by atoms with E-state index in [0.717, 1.165) is 5.56 Å². The van der Waals surface area contributed by atoms with Crippen molar-refractivity contribution in [2.24, 2.45) is 10.9 Å². The third kappa shape index (κ3) is 3.00. The molecule has 0 saturated carbocycles. The second-order valence-corrected chi connectivity index (χ2v) is 4.76. The lowest BCUT2D eigenvalue weighted by molar-refractivity contribution is -0.147. The number of esters is 1. The number of hydrogen-bond donors (Lipinski definition) is 0. The van der Waals surface area contributed by atoms with Gasteiger partial charge in [-0.25, -0.2) is 4.39 Å². The van der Waals surface area contributed by atoms with E-state index in [2.05, 4.69) is 4.99 Å². The summed E-state index contributed by atoms with van der Waals surface area (Å²) in [6.45, 7) is 4.42. The second kappa shape index (κ2) is 5.95. The molecule has 1 aliphatic rings. The Balaban J connectivity index is 2.16. The molecule has 102 valence electrons. The lowest BCUT2D eigenvalue weighted by Crippen LogP contribution is -2.18. The first-order valence-corrected chi connectivity index (χ1v) is 6.57. The Bertz CT molecular complexity index is 511. The molecule has 0 N–H and O–H groups in total. The number of rotatable bonds is 4. The first-order chi connectivity index (χ1) is 9.13. The minimum absolute atomic E-state index is 0.195. The molecule has 1 aliphatic heterocycles. The third-order valence-corrected chi connectivity index (χ3v) is 3.32. The number of fused-ring (bicyclic) bond motifs is 1. The van der Waals surface area contributed by atoms with Crippen LogP contribution >= 0.6 is 0 Å². The molecular formula is C15H18FNO2. The van der Waals surface area contributed by atoms with Crippen LogP contribution in [0.25, 0.3) is 0 Å². The fourth-order valence-corrected chi connectivity index (χ4v) is 2.25. The van der Waals surface area contributed by atoms with Gasteiger partial charge in [0, 0.05) is 12.6 Å². The van der Waals surface area contributed by atoms with E-state index in [1.807, 2.05) is 6.07 Å². The van der Waals surface area contributed by atoms with Crippen molar-refractivity contribution in [1.29, 1.82) is 0 Å². The van der Waals surface area contributed by atoms with E-state index >= 15 is 0 Å². The van der Waals surface area contributed by atoms with Gasteiger partial charge in [0.05, 0.1) is 19.1 Å². The average molecular weight is 263 g/mol. The predicted octanol–water partition coefficient (Wildman–Crippen LogP) is 2.69. The summed E-state index contributed by atoms with van der Waals surface area (Å²) in [6.07, 6.45) is 2.64. The monoisotopic (exact) mass is 263 g/mol. The van der Waals surface area contributed by atoms with Gasteiger partial charge in [-0.1, -0.05) is 19.1 Å². The zero-order chi connectivity index (χ0) is 13.8. The quantitative estimate of drug-likeness (QED) is 0.783. The number of nitrogens with zero attached hydrogens (tertiary/aromatic N) is 1. The largest absolute Gasteiger partial charge is 0.466 e. The number of ether oxygens (including phenoxy) is 1. The minimum atomic E-state index is -0.329. The maximum atomic E-state index is 14.4. The highest BCUT2D eigenvalue weighted by Gasteiger charge is 2.20. The minimum Gasteiger partial charge on any atom is -0.466 e. The van der Waals surface area contributed by atoms with Crippen molar-refractivity contribution in [2.75, 3.05) is 6.61 Å². The topological polar surface area (TPSA) is 38.7 Å². The summed E-state index contributed by atoms with van der Waals surface area (Å²) in [6, 6.07) is 3.66. The number of aliphatic imine (C=N–C) groups is 1. The lowest BCUT2D eigenvalue weighted by atomic mass is 9.94. The van der Waals surface area contributed by atoms with Crippen LogP contribution in [-0.4, -0.2) is 18.8 Å². The first-order valence-electron chi connectivity index (χ1n) is 6.57. The van der Waals surface area contributed by atoms with Crippen LogP contribution in [-0.2, 0) is 28.9 Å². The maximum Gasteiger partial charge on any atom is 0.308 e. The molecule has 0 aliphatic carbocycles.